The van der Waals surface area contributed by atoms with E-state index in [-0.39, 0.29) is 13.2 Å². The van der Waals surface area contributed by atoms with E-state index in [0.29, 0.717) is 0 Å². The maximum Gasteiger partial charge on any atom is 0.337 e. The van der Waals surface area contributed by atoms with Crippen LogP contribution in [0.4, 0.5) is 0 Å². The molecule has 1 rings (SSSR count). The van der Waals surface area contributed by atoms with Gasteiger partial charge in [0.1, 0.15) is 0 Å². The number of carboxylic acids is 3. The SMILES string of the molecule is O=C(O)c1cccc(C(=O)O)c1C(=O)O.OCCO. The van der Waals surface area contributed by atoms with Gasteiger partial charge in [0.2, 0.25) is 0 Å². The van der Waals surface area contributed by atoms with Gasteiger partial charge in [0, 0.05) is 0 Å². The molecule has 0 fully saturated rings. The molecule has 0 amide bonds. The van der Waals surface area contributed by atoms with Crippen molar-refractivity contribution < 1.29 is 39.9 Å². The molecule has 0 unspecified atom stereocenters. The van der Waals surface area contributed by atoms with E-state index in [2.05, 4.69) is 0 Å². The molecule has 8 nitrogen and oxygen atoms in total. The highest BCUT2D eigenvalue weighted by molar-refractivity contribution is 6.08. The molecule has 0 aromatic heterocycles. The lowest BCUT2D eigenvalue weighted by Crippen LogP contribution is -2.14. The lowest BCUT2D eigenvalue weighted by molar-refractivity contribution is 0.0633. The molecule has 5 N–H and O–H groups in total. The van der Waals surface area contributed by atoms with Crippen LogP contribution in [0, 0.1) is 0 Å². The molecule has 0 spiro atoms. The number of rotatable bonds is 4. The number of carbonyl (C=O) groups is 3. The molecule has 1 aromatic rings. The van der Waals surface area contributed by atoms with Crippen LogP contribution in [0.3, 0.4) is 0 Å². The van der Waals surface area contributed by atoms with Gasteiger partial charge >= 0.3 is 17.9 Å². The average Bonchev–Trinajstić information content (AvgIpc) is 2.37. The van der Waals surface area contributed by atoms with E-state index in [1.165, 1.54) is 6.07 Å². The lowest BCUT2D eigenvalue weighted by atomic mass is 10.0. The van der Waals surface area contributed by atoms with Gasteiger partial charge in [-0.3, -0.25) is 0 Å². The van der Waals surface area contributed by atoms with Gasteiger partial charge in [-0.1, -0.05) is 6.07 Å². The summed E-state index contributed by atoms with van der Waals surface area (Å²) in [5.74, 6) is -4.53. The monoisotopic (exact) mass is 272 g/mol. The Labute approximate surface area is 107 Å². The molecule has 1 aromatic carbocycles. The third-order valence-electron chi connectivity index (χ3n) is 1.84. The maximum absolute atomic E-state index is 10.7. The normalized spacial score (nSPS) is 9.16. The quantitative estimate of drug-likeness (QED) is 0.503. The van der Waals surface area contributed by atoms with Crippen LogP contribution in [-0.4, -0.2) is 56.7 Å². The molecular formula is C11H12O8. The number of aliphatic hydroxyl groups excluding tert-OH is 2. The third-order valence-corrected chi connectivity index (χ3v) is 1.84. The van der Waals surface area contributed by atoms with E-state index >= 15 is 0 Å². The summed E-state index contributed by atoms with van der Waals surface area (Å²) >= 11 is 0. The van der Waals surface area contributed by atoms with Crippen molar-refractivity contribution in [2.75, 3.05) is 13.2 Å². The molecule has 8 heteroatoms. The summed E-state index contributed by atoms with van der Waals surface area (Å²) in [5.41, 5.74) is -1.79. The zero-order chi connectivity index (χ0) is 15.0. The fraction of sp³-hybridized carbons (Fsp3) is 0.182. The number of carboxylic acid groups (broad SMARTS) is 3. The molecule has 104 valence electrons. The molecular weight excluding hydrogens is 260 g/mol. The fourth-order valence-corrected chi connectivity index (χ4v) is 1.14. The van der Waals surface area contributed by atoms with Gasteiger partial charge in [0.25, 0.3) is 0 Å². The molecule has 19 heavy (non-hydrogen) atoms. The Bertz CT molecular complexity index is 445. The first-order valence-corrected chi connectivity index (χ1v) is 4.91. The zero-order valence-corrected chi connectivity index (χ0v) is 9.61. The Hall–Kier alpha value is -2.45. The minimum absolute atomic E-state index is 0.125. The second-order valence-corrected chi connectivity index (χ2v) is 3.09. The fourth-order valence-electron chi connectivity index (χ4n) is 1.14. The van der Waals surface area contributed by atoms with E-state index in [0.717, 1.165) is 12.1 Å². The minimum atomic E-state index is -1.58. The minimum Gasteiger partial charge on any atom is -0.478 e. The Balaban J connectivity index is 0.000000711. The van der Waals surface area contributed by atoms with Crippen LogP contribution < -0.4 is 0 Å². The first-order chi connectivity index (χ1) is 8.86. The summed E-state index contributed by atoms with van der Waals surface area (Å²) in [6.45, 7) is -0.250. The van der Waals surface area contributed by atoms with Gasteiger partial charge < -0.3 is 25.5 Å². The Morgan fingerprint density at radius 3 is 1.37 bits per heavy atom. The van der Waals surface area contributed by atoms with Crippen LogP contribution in [0.2, 0.25) is 0 Å². The summed E-state index contributed by atoms with van der Waals surface area (Å²) in [7, 11) is 0. The second kappa shape index (κ2) is 7.80. The topological polar surface area (TPSA) is 152 Å². The molecule has 0 radical (unpaired) electrons. The average molecular weight is 272 g/mol. The maximum atomic E-state index is 10.7. The Morgan fingerprint density at radius 2 is 1.16 bits per heavy atom. The van der Waals surface area contributed by atoms with E-state index in [4.69, 9.17) is 25.5 Å². The highest BCUT2D eigenvalue weighted by atomic mass is 16.4. The highest BCUT2D eigenvalue weighted by Gasteiger charge is 2.22. The predicted octanol–water partition coefficient (Wildman–Crippen LogP) is -0.248. The van der Waals surface area contributed by atoms with Gasteiger partial charge in [0.05, 0.1) is 29.9 Å². The summed E-state index contributed by atoms with van der Waals surface area (Å²) in [6.07, 6.45) is 0. The van der Waals surface area contributed by atoms with Gasteiger partial charge in [-0.25, -0.2) is 14.4 Å². The summed E-state index contributed by atoms with van der Waals surface area (Å²) in [5, 5.41) is 41.3. The molecule has 0 aliphatic rings. The van der Waals surface area contributed by atoms with E-state index in [1.807, 2.05) is 0 Å². The lowest BCUT2D eigenvalue weighted by Gasteiger charge is -2.04. The summed E-state index contributed by atoms with van der Waals surface area (Å²) in [4.78, 5) is 32.0. The third kappa shape index (κ3) is 4.74. The first-order valence-electron chi connectivity index (χ1n) is 4.91. The Kier molecular flexibility index (Phi) is 6.79. The molecule has 0 bridgehead atoms. The largest absolute Gasteiger partial charge is 0.478 e. The van der Waals surface area contributed by atoms with Crippen LogP contribution in [0.25, 0.3) is 0 Å². The second-order valence-electron chi connectivity index (χ2n) is 3.09. The van der Waals surface area contributed by atoms with Crippen molar-refractivity contribution in [1.82, 2.24) is 0 Å². The smallest absolute Gasteiger partial charge is 0.337 e. The summed E-state index contributed by atoms with van der Waals surface area (Å²) < 4.78 is 0. The van der Waals surface area contributed by atoms with Crippen molar-refractivity contribution in [2.24, 2.45) is 0 Å². The van der Waals surface area contributed by atoms with Crippen LogP contribution in [0.15, 0.2) is 18.2 Å². The number of aromatic carboxylic acids is 3. The molecule has 0 aliphatic carbocycles. The molecule has 0 saturated heterocycles. The number of hydrogen-bond donors (Lipinski definition) is 5. The van der Waals surface area contributed by atoms with E-state index in [9.17, 15) is 14.4 Å². The van der Waals surface area contributed by atoms with Crippen molar-refractivity contribution in [1.29, 1.82) is 0 Å². The van der Waals surface area contributed by atoms with Crippen molar-refractivity contribution >= 4 is 17.9 Å². The van der Waals surface area contributed by atoms with Gasteiger partial charge in [-0.15, -0.1) is 0 Å². The zero-order valence-electron chi connectivity index (χ0n) is 9.61. The van der Waals surface area contributed by atoms with E-state index < -0.39 is 34.6 Å². The number of benzene rings is 1. The van der Waals surface area contributed by atoms with Crippen LogP contribution in [-0.2, 0) is 0 Å². The van der Waals surface area contributed by atoms with Crippen LogP contribution >= 0.6 is 0 Å². The van der Waals surface area contributed by atoms with Crippen molar-refractivity contribution in [3.63, 3.8) is 0 Å². The standard InChI is InChI=1S/C9H6O6.C2H6O2/c10-7(11)4-2-1-3-5(8(12)13)6(4)9(14)15;3-1-2-4/h1-3H,(H,10,11)(H,12,13)(H,14,15);3-4H,1-2H2. The molecule has 0 atom stereocenters. The molecule has 0 heterocycles. The van der Waals surface area contributed by atoms with Crippen molar-refractivity contribution in [3.8, 4) is 0 Å². The molecule has 0 saturated carbocycles. The molecule has 0 aliphatic heterocycles. The summed E-state index contributed by atoms with van der Waals surface area (Å²) in [6, 6.07) is 3.26. The van der Waals surface area contributed by atoms with Crippen LogP contribution in [0.5, 0.6) is 0 Å². The Morgan fingerprint density at radius 1 is 0.789 bits per heavy atom. The van der Waals surface area contributed by atoms with Gasteiger partial charge in [-0.05, 0) is 12.1 Å². The van der Waals surface area contributed by atoms with Crippen molar-refractivity contribution in [3.05, 3.63) is 34.9 Å². The number of aliphatic hydroxyl groups is 2. The predicted molar refractivity (Wildman–Crippen MR) is 61.5 cm³/mol. The van der Waals surface area contributed by atoms with Crippen LogP contribution in [0.1, 0.15) is 31.1 Å². The first kappa shape index (κ1) is 16.6. The van der Waals surface area contributed by atoms with Gasteiger partial charge in [0.15, 0.2) is 0 Å². The van der Waals surface area contributed by atoms with E-state index in [1.54, 1.807) is 0 Å². The number of hydrogen-bond acceptors (Lipinski definition) is 5. The highest BCUT2D eigenvalue weighted by Crippen LogP contribution is 2.15. The van der Waals surface area contributed by atoms with Gasteiger partial charge in [-0.2, -0.15) is 0 Å². The van der Waals surface area contributed by atoms with Crippen molar-refractivity contribution in [2.45, 2.75) is 0 Å².